The Kier molecular flexibility index (Phi) is 4.03. The standard InChI is InChI=1S/C19H18N4O2/c1-2-25-13-17-21-15-12-23(24)16-9-6-10-20-18(16)19(15)22(17)11-14-7-4-3-5-8-14/h3-10,12H,2,11,13H2,1H3. The molecule has 0 fully saturated rings. The molecule has 25 heavy (non-hydrogen) atoms. The molecule has 0 spiro atoms. The largest absolute Gasteiger partial charge is 0.618 e. The highest BCUT2D eigenvalue weighted by molar-refractivity contribution is 5.97. The van der Waals surface area contributed by atoms with Crippen LogP contribution >= 0.6 is 0 Å². The Labute approximate surface area is 144 Å². The molecule has 0 amide bonds. The van der Waals surface area contributed by atoms with Gasteiger partial charge < -0.3 is 14.5 Å². The quantitative estimate of drug-likeness (QED) is 0.416. The van der Waals surface area contributed by atoms with Crippen molar-refractivity contribution in [3.8, 4) is 0 Å². The Morgan fingerprint density at radius 1 is 1.16 bits per heavy atom. The minimum absolute atomic E-state index is 0.394. The van der Waals surface area contributed by atoms with Crippen LogP contribution in [0.2, 0.25) is 0 Å². The van der Waals surface area contributed by atoms with Crippen molar-refractivity contribution in [2.45, 2.75) is 20.1 Å². The summed E-state index contributed by atoms with van der Waals surface area (Å²) in [5, 5.41) is 12.3. The second-order valence-electron chi connectivity index (χ2n) is 5.80. The number of fused-ring (bicyclic) bond motifs is 3. The summed E-state index contributed by atoms with van der Waals surface area (Å²) in [6, 6.07) is 13.7. The van der Waals surface area contributed by atoms with Gasteiger partial charge in [-0.15, -0.1) is 0 Å². The molecule has 4 aromatic rings. The normalized spacial score (nSPS) is 11.4. The minimum atomic E-state index is 0.394. The number of ether oxygens (including phenoxy) is 1. The first-order valence-electron chi connectivity index (χ1n) is 8.25. The van der Waals surface area contributed by atoms with E-state index in [9.17, 15) is 5.21 Å². The molecular formula is C19H18N4O2. The van der Waals surface area contributed by atoms with E-state index in [1.165, 1.54) is 6.20 Å². The smallest absolute Gasteiger partial charge is 0.244 e. The second-order valence-corrected chi connectivity index (χ2v) is 5.80. The topological polar surface area (TPSA) is 66.9 Å². The van der Waals surface area contributed by atoms with Gasteiger partial charge in [-0.1, -0.05) is 30.3 Å². The monoisotopic (exact) mass is 334 g/mol. The zero-order valence-corrected chi connectivity index (χ0v) is 13.9. The van der Waals surface area contributed by atoms with E-state index < -0.39 is 0 Å². The first-order valence-corrected chi connectivity index (χ1v) is 8.25. The number of benzene rings is 1. The lowest BCUT2D eigenvalue weighted by atomic mass is 10.2. The fourth-order valence-corrected chi connectivity index (χ4v) is 3.04. The van der Waals surface area contributed by atoms with Crippen molar-refractivity contribution >= 4 is 22.1 Å². The number of pyridine rings is 2. The van der Waals surface area contributed by atoms with E-state index in [4.69, 9.17) is 4.74 Å². The summed E-state index contributed by atoms with van der Waals surface area (Å²) in [5.74, 6) is 0.791. The van der Waals surface area contributed by atoms with Crippen LogP contribution in [0.25, 0.3) is 22.1 Å². The molecule has 3 aromatic heterocycles. The molecule has 126 valence electrons. The van der Waals surface area contributed by atoms with Gasteiger partial charge in [-0.25, -0.2) is 9.97 Å². The maximum Gasteiger partial charge on any atom is 0.244 e. The van der Waals surface area contributed by atoms with Gasteiger partial charge in [-0.2, -0.15) is 4.73 Å². The Balaban J connectivity index is 1.97. The zero-order chi connectivity index (χ0) is 17.2. The summed E-state index contributed by atoms with van der Waals surface area (Å²) in [6.07, 6.45) is 3.21. The van der Waals surface area contributed by atoms with Crippen LogP contribution in [0, 0.1) is 5.21 Å². The van der Waals surface area contributed by atoms with E-state index in [2.05, 4.69) is 26.7 Å². The van der Waals surface area contributed by atoms with Crippen LogP contribution in [0.3, 0.4) is 0 Å². The summed E-state index contributed by atoms with van der Waals surface area (Å²) >= 11 is 0. The fourth-order valence-electron chi connectivity index (χ4n) is 3.04. The van der Waals surface area contributed by atoms with Crippen LogP contribution < -0.4 is 4.73 Å². The molecule has 4 rings (SSSR count). The molecule has 0 atom stereocenters. The number of rotatable bonds is 5. The number of hydrogen-bond donors (Lipinski definition) is 0. The van der Waals surface area contributed by atoms with Crippen molar-refractivity contribution in [2.24, 2.45) is 0 Å². The number of imidazole rings is 1. The maximum atomic E-state index is 12.3. The van der Waals surface area contributed by atoms with Crippen LogP contribution in [0.4, 0.5) is 0 Å². The van der Waals surface area contributed by atoms with Gasteiger partial charge in [0.05, 0.1) is 0 Å². The molecule has 1 aromatic carbocycles. The Morgan fingerprint density at radius 2 is 2.00 bits per heavy atom. The third-order valence-electron chi connectivity index (χ3n) is 4.18. The van der Waals surface area contributed by atoms with E-state index in [0.717, 1.165) is 21.6 Å². The van der Waals surface area contributed by atoms with Gasteiger partial charge in [0.2, 0.25) is 11.7 Å². The lowest BCUT2D eigenvalue weighted by Gasteiger charge is -2.10. The van der Waals surface area contributed by atoms with E-state index >= 15 is 0 Å². The zero-order valence-electron chi connectivity index (χ0n) is 13.9. The molecule has 6 heteroatoms. The summed E-state index contributed by atoms with van der Waals surface area (Å²) in [4.78, 5) is 9.08. The number of aromatic nitrogens is 4. The lowest BCUT2D eigenvalue weighted by molar-refractivity contribution is -0.575. The number of nitrogens with zero attached hydrogens (tertiary/aromatic N) is 4. The van der Waals surface area contributed by atoms with Gasteiger partial charge in [-0.05, 0) is 18.6 Å². The molecule has 0 saturated heterocycles. The molecule has 0 N–H and O–H groups in total. The molecule has 0 radical (unpaired) electrons. The summed E-state index contributed by atoms with van der Waals surface area (Å²) in [7, 11) is 0. The third-order valence-corrected chi connectivity index (χ3v) is 4.18. The number of hydrogen-bond acceptors (Lipinski definition) is 4. The highest BCUT2D eigenvalue weighted by atomic mass is 16.5. The van der Waals surface area contributed by atoms with Crippen LogP contribution in [0.15, 0.2) is 54.9 Å². The van der Waals surface area contributed by atoms with Crippen molar-refractivity contribution in [1.29, 1.82) is 0 Å². The molecule has 0 aliphatic heterocycles. The first kappa shape index (κ1) is 15.5. The van der Waals surface area contributed by atoms with E-state index in [1.54, 1.807) is 18.3 Å². The average molecular weight is 334 g/mol. The van der Waals surface area contributed by atoms with Gasteiger partial charge in [0, 0.05) is 25.4 Å². The van der Waals surface area contributed by atoms with Crippen molar-refractivity contribution in [3.63, 3.8) is 0 Å². The fraction of sp³-hybridized carbons (Fsp3) is 0.211. The first-order chi connectivity index (χ1) is 12.3. The highest BCUT2D eigenvalue weighted by Gasteiger charge is 2.19. The summed E-state index contributed by atoms with van der Waals surface area (Å²) in [6.45, 7) is 3.60. The van der Waals surface area contributed by atoms with Gasteiger partial charge in [0.25, 0.3) is 0 Å². The molecule has 6 nitrogen and oxygen atoms in total. The predicted octanol–water partition coefficient (Wildman–Crippen LogP) is 2.80. The predicted molar refractivity (Wildman–Crippen MR) is 94.9 cm³/mol. The molecule has 0 saturated carbocycles. The molecule has 0 aliphatic carbocycles. The van der Waals surface area contributed by atoms with Gasteiger partial charge >= 0.3 is 0 Å². The lowest BCUT2D eigenvalue weighted by Crippen LogP contribution is -2.26. The average Bonchev–Trinajstić information content (AvgIpc) is 2.98. The molecule has 3 heterocycles. The Morgan fingerprint density at radius 3 is 2.80 bits per heavy atom. The van der Waals surface area contributed by atoms with E-state index in [1.807, 2.05) is 25.1 Å². The summed E-state index contributed by atoms with van der Waals surface area (Å²) in [5.41, 5.74) is 3.84. The van der Waals surface area contributed by atoms with Gasteiger partial charge in [0.1, 0.15) is 17.9 Å². The van der Waals surface area contributed by atoms with Crippen LogP contribution in [0.5, 0.6) is 0 Å². The molecule has 0 unspecified atom stereocenters. The van der Waals surface area contributed by atoms with Crippen molar-refractivity contribution in [3.05, 3.63) is 71.5 Å². The van der Waals surface area contributed by atoms with Crippen molar-refractivity contribution in [1.82, 2.24) is 14.5 Å². The van der Waals surface area contributed by atoms with Crippen LogP contribution in [-0.4, -0.2) is 21.1 Å². The Hall–Kier alpha value is -2.99. The minimum Gasteiger partial charge on any atom is -0.618 e. The highest BCUT2D eigenvalue weighted by Crippen LogP contribution is 2.23. The molecule has 0 aliphatic rings. The molecular weight excluding hydrogens is 316 g/mol. The third kappa shape index (κ3) is 2.81. The summed E-state index contributed by atoms with van der Waals surface area (Å²) < 4.78 is 8.50. The van der Waals surface area contributed by atoms with Crippen molar-refractivity contribution in [2.75, 3.05) is 6.61 Å². The maximum absolute atomic E-state index is 12.3. The van der Waals surface area contributed by atoms with E-state index in [0.29, 0.717) is 36.3 Å². The SMILES string of the molecule is CCOCc1nc2c[n+]([O-])c3cccnc3c2n1Cc1ccccc1. The van der Waals surface area contributed by atoms with E-state index in [-0.39, 0.29) is 0 Å². The molecule has 0 bridgehead atoms. The van der Waals surface area contributed by atoms with Gasteiger partial charge in [0.15, 0.2) is 11.0 Å². The second kappa shape index (κ2) is 6.49. The Bertz CT molecular complexity index is 1030. The van der Waals surface area contributed by atoms with Gasteiger partial charge in [-0.3, -0.25) is 0 Å². The van der Waals surface area contributed by atoms with Crippen LogP contribution in [0.1, 0.15) is 18.3 Å². The van der Waals surface area contributed by atoms with Crippen LogP contribution in [-0.2, 0) is 17.9 Å². The van der Waals surface area contributed by atoms with Crippen molar-refractivity contribution < 1.29 is 9.47 Å².